The summed E-state index contributed by atoms with van der Waals surface area (Å²) in [5.74, 6) is 2.60. The lowest BCUT2D eigenvalue weighted by atomic mass is 9.73. The Hall–Kier alpha value is -5.19. The molecule has 2 saturated heterocycles. The number of halogens is 1. The van der Waals surface area contributed by atoms with Gasteiger partial charge in [0.2, 0.25) is 0 Å². The molecule has 56 heavy (non-hydrogen) atoms. The predicted octanol–water partition coefficient (Wildman–Crippen LogP) is 10.4. The van der Waals surface area contributed by atoms with Gasteiger partial charge in [0, 0.05) is 13.0 Å². The van der Waals surface area contributed by atoms with Gasteiger partial charge in [-0.3, -0.25) is 9.80 Å². The van der Waals surface area contributed by atoms with Gasteiger partial charge in [0.15, 0.2) is 0 Å². The molecule has 1 saturated carbocycles. The van der Waals surface area contributed by atoms with E-state index in [1.54, 1.807) is 4.90 Å². The molecule has 9 rings (SSSR count). The predicted molar refractivity (Wildman–Crippen MR) is 214 cm³/mol. The van der Waals surface area contributed by atoms with E-state index in [-0.39, 0.29) is 25.1 Å². The first-order valence-electron chi connectivity index (χ1n) is 20.1. The van der Waals surface area contributed by atoms with Gasteiger partial charge in [-0.2, -0.15) is 0 Å². The van der Waals surface area contributed by atoms with Gasteiger partial charge < -0.3 is 19.4 Å². The minimum atomic E-state index is -1.14. The van der Waals surface area contributed by atoms with Crippen LogP contribution in [0, 0.1) is 5.92 Å². The topological polar surface area (TPSA) is 116 Å². The summed E-state index contributed by atoms with van der Waals surface area (Å²) in [5, 5.41) is 0. The average molecular weight is 759 g/mol. The molecule has 5 aromatic rings. The number of nitrogens with one attached hydrogen (secondary N) is 2. The smallest absolute Gasteiger partial charge is 0.411 e. The maximum atomic E-state index is 14.7. The third-order valence-electron chi connectivity index (χ3n) is 11.9. The largest absolute Gasteiger partial charge is 0.444 e. The minimum absolute atomic E-state index is 0.00776. The number of carbonyl (C=O) groups excluding carboxylic acids is 2. The van der Waals surface area contributed by atoms with Crippen LogP contribution in [0.25, 0.3) is 44.5 Å². The number of amides is 2. The summed E-state index contributed by atoms with van der Waals surface area (Å²) in [4.78, 5) is 45.7. The number of imidazole rings is 2. The molecule has 3 aromatic carbocycles. The highest BCUT2D eigenvalue weighted by Crippen LogP contribution is 2.56. The summed E-state index contributed by atoms with van der Waals surface area (Å²) in [6.45, 7) is 11.8. The Labute approximate surface area is 327 Å². The van der Waals surface area contributed by atoms with Crippen molar-refractivity contribution in [2.24, 2.45) is 5.92 Å². The van der Waals surface area contributed by atoms with Crippen LogP contribution in [0.2, 0.25) is 0 Å². The molecule has 2 aromatic heterocycles. The van der Waals surface area contributed by atoms with E-state index < -0.39 is 29.5 Å². The number of carbonyl (C=O) groups is 2. The van der Waals surface area contributed by atoms with E-state index in [0.29, 0.717) is 24.2 Å². The van der Waals surface area contributed by atoms with Crippen LogP contribution < -0.4 is 0 Å². The summed E-state index contributed by atoms with van der Waals surface area (Å²) in [5.41, 5.74) is 10.1. The van der Waals surface area contributed by atoms with E-state index in [1.165, 1.54) is 45.6 Å². The van der Waals surface area contributed by atoms with E-state index >= 15 is 0 Å². The van der Waals surface area contributed by atoms with Crippen LogP contribution in [0.5, 0.6) is 0 Å². The third-order valence-corrected chi connectivity index (χ3v) is 11.9. The van der Waals surface area contributed by atoms with E-state index in [1.807, 2.05) is 53.8 Å². The van der Waals surface area contributed by atoms with E-state index in [2.05, 4.69) is 58.5 Å². The molecule has 11 heteroatoms. The normalized spacial score (nSPS) is 23.3. The molecule has 3 fully saturated rings. The Morgan fingerprint density at radius 3 is 2.20 bits per heavy atom. The molecule has 0 radical (unpaired) electrons. The van der Waals surface area contributed by atoms with Crippen molar-refractivity contribution >= 4 is 23.2 Å². The molecule has 2 unspecified atom stereocenters. The fourth-order valence-electron chi connectivity index (χ4n) is 9.28. The second-order valence-corrected chi connectivity index (χ2v) is 18.1. The number of H-pyrrole nitrogens is 2. The molecule has 4 heterocycles. The van der Waals surface area contributed by atoms with Crippen LogP contribution in [0.1, 0.15) is 114 Å². The molecule has 5 atom stereocenters. The number of benzene rings is 3. The molecule has 2 amide bonds. The zero-order valence-electron chi connectivity index (χ0n) is 33.1. The van der Waals surface area contributed by atoms with Gasteiger partial charge in [0.1, 0.15) is 29.0 Å². The van der Waals surface area contributed by atoms with Crippen molar-refractivity contribution in [1.82, 2.24) is 29.7 Å². The van der Waals surface area contributed by atoms with Crippen LogP contribution in [0.15, 0.2) is 60.8 Å². The maximum Gasteiger partial charge on any atom is 0.411 e. The zero-order valence-corrected chi connectivity index (χ0v) is 33.1. The standard InChI is InChI=1S/C45H51FN6O4/c1-44(2,3)55-42(53)51-19-7-8-37(51)40-47-23-36(50-40)26-11-9-25(10-12-26)31-17-16-30(33-20-27-13-15-32(27)39(31)33)28-14-18-34-35(21-28)49-41(48-34)38-22-29(46)24-52(38)43(54)56-45(4,5)6/h9-12,14,16-18,21,23,27,29,32,37-38H,7-8,13,15,19-20,22,24H2,1-6H3,(H,47,50)(H,48,49)/t27?,29-,32?,37-,38-/m0/s1. The third kappa shape index (κ3) is 6.72. The highest BCUT2D eigenvalue weighted by atomic mass is 19.1. The van der Waals surface area contributed by atoms with Gasteiger partial charge in [-0.25, -0.2) is 23.9 Å². The van der Waals surface area contributed by atoms with Crippen molar-refractivity contribution in [1.29, 1.82) is 0 Å². The first-order chi connectivity index (χ1) is 26.7. The monoisotopic (exact) mass is 758 g/mol. The molecule has 10 nitrogen and oxygen atoms in total. The molecule has 0 bridgehead atoms. The second-order valence-electron chi connectivity index (χ2n) is 18.1. The second kappa shape index (κ2) is 13.5. The van der Waals surface area contributed by atoms with Gasteiger partial charge in [-0.1, -0.05) is 42.5 Å². The molecular weight excluding hydrogens is 708 g/mol. The Balaban J connectivity index is 0.973. The molecule has 2 aliphatic carbocycles. The lowest BCUT2D eigenvalue weighted by Gasteiger charge is -2.31. The van der Waals surface area contributed by atoms with Crippen molar-refractivity contribution in [2.75, 3.05) is 13.1 Å². The molecule has 0 spiro atoms. The van der Waals surface area contributed by atoms with Crippen LogP contribution >= 0.6 is 0 Å². The number of rotatable bonds is 5. The van der Waals surface area contributed by atoms with Crippen LogP contribution in [0.3, 0.4) is 0 Å². The minimum Gasteiger partial charge on any atom is -0.444 e. The number of aromatic amines is 2. The van der Waals surface area contributed by atoms with Crippen LogP contribution in [0.4, 0.5) is 14.0 Å². The molecule has 4 aliphatic rings. The van der Waals surface area contributed by atoms with Crippen LogP contribution in [-0.2, 0) is 15.9 Å². The van der Waals surface area contributed by atoms with Crippen LogP contribution in [-0.4, -0.2) is 72.4 Å². The molecule has 2 N–H and O–H groups in total. The van der Waals surface area contributed by atoms with E-state index in [9.17, 15) is 14.0 Å². The Kier molecular flexibility index (Phi) is 8.78. The van der Waals surface area contributed by atoms with Gasteiger partial charge >= 0.3 is 12.2 Å². The molecule has 292 valence electrons. The Morgan fingerprint density at radius 1 is 0.786 bits per heavy atom. The van der Waals surface area contributed by atoms with Crippen molar-refractivity contribution in [2.45, 2.75) is 115 Å². The zero-order chi connectivity index (χ0) is 39.1. The number of hydrogen-bond donors (Lipinski definition) is 2. The maximum absolute atomic E-state index is 14.7. The fourth-order valence-corrected chi connectivity index (χ4v) is 9.28. The number of nitrogens with zero attached hydrogens (tertiary/aromatic N) is 4. The highest BCUT2D eigenvalue weighted by Gasteiger charge is 2.43. The number of hydrogen-bond acceptors (Lipinski definition) is 6. The first kappa shape index (κ1) is 36.4. The molecular formula is C45H51FN6O4. The number of aromatic nitrogens is 4. The lowest BCUT2D eigenvalue weighted by Crippen LogP contribution is -2.37. The lowest BCUT2D eigenvalue weighted by molar-refractivity contribution is 0.0204. The summed E-state index contributed by atoms with van der Waals surface area (Å²) in [6.07, 6.45) is 5.38. The van der Waals surface area contributed by atoms with Gasteiger partial charge in [-0.05, 0) is 137 Å². The fraction of sp³-hybridized carbons (Fsp3) is 0.467. The highest BCUT2D eigenvalue weighted by molar-refractivity contribution is 5.86. The van der Waals surface area contributed by atoms with Gasteiger partial charge in [0.25, 0.3) is 0 Å². The Bertz CT molecular complexity index is 2320. The summed E-state index contributed by atoms with van der Waals surface area (Å²) >= 11 is 0. The summed E-state index contributed by atoms with van der Waals surface area (Å²) in [6, 6.07) is 18.9. The summed E-state index contributed by atoms with van der Waals surface area (Å²) in [7, 11) is 0. The quantitative estimate of drug-likeness (QED) is 0.184. The van der Waals surface area contributed by atoms with Crippen molar-refractivity contribution in [3.63, 3.8) is 0 Å². The summed E-state index contributed by atoms with van der Waals surface area (Å²) < 4.78 is 26.0. The average Bonchev–Trinajstić information content (AvgIpc) is 3.96. The Morgan fingerprint density at radius 2 is 1.48 bits per heavy atom. The number of fused-ring (bicyclic) bond motifs is 4. The van der Waals surface area contributed by atoms with Crippen molar-refractivity contribution in [3.05, 3.63) is 83.6 Å². The number of alkyl halides is 1. The van der Waals surface area contributed by atoms with Crippen molar-refractivity contribution in [3.8, 4) is 33.5 Å². The SMILES string of the molecule is CC(C)(C)OC(=O)N1CCC[C@H]1c1ncc(-c2ccc(-c3ccc(-c4ccc5nc([C@@H]6C[C@H](F)CN6C(=O)OC(C)(C)C)[nH]c5c4)c4c3C3CCC3C4)cc2)[nH]1. The van der Waals surface area contributed by atoms with Crippen molar-refractivity contribution < 1.29 is 23.5 Å². The number of ether oxygens (including phenoxy) is 2. The van der Waals surface area contributed by atoms with E-state index in [0.717, 1.165) is 52.9 Å². The first-order valence-corrected chi connectivity index (χ1v) is 20.1. The van der Waals surface area contributed by atoms with Gasteiger partial charge in [-0.15, -0.1) is 0 Å². The van der Waals surface area contributed by atoms with Gasteiger partial charge in [0.05, 0.1) is 41.6 Å². The molecule has 2 aliphatic heterocycles. The van der Waals surface area contributed by atoms with E-state index in [4.69, 9.17) is 19.4 Å². The number of likely N-dealkylation sites (tertiary alicyclic amines) is 2.